The molecule has 0 saturated heterocycles. The van der Waals surface area contributed by atoms with Crippen LogP contribution in [-0.4, -0.2) is 17.9 Å². The zero-order valence-electron chi connectivity index (χ0n) is 13.7. The maximum absolute atomic E-state index is 13.5. The fourth-order valence-electron chi connectivity index (χ4n) is 2.63. The Kier molecular flexibility index (Phi) is 4.59. The number of aromatic nitrogens is 1. The van der Waals surface area contributed by atoms with Crippen LogP contribution in [0.15, 0.2) is 48.5 Å². The summed E-state index contributed by atoms with van der Waals surface area (Å²) < 4.78 is 18.9. The number of hydrogen-bond acceptors (Lipinski definition) is 5. The molecule has 0 amide bonds. The van der Waals surface area contributed by atoms with Crippen molar-refractivity contribution in [3.63, 3.8) is 0 Å². The molecule has 0 aliphatic rings. The van der Waals surface area contributed by atoms with Crippen molar-refractivity contribution in [3.8, 4) is 29.1 Å². The van der Waals surface area contributed by atoms with E-state index in [1.165, 1.54) is 31.4 Å². The lowest BCUT2D eigenvalue weighted by Crippen LogP contribution is -2.10. The molecule has 0 bridgehead atoms. The van der Waals surface area contributed by atoms with Gasteiger partial charge in [0.05, 0.1) is 30.5 Å². The zero-order chi connectivity index (χ0) is 18.7. The first-order valence-corrected chi connectivity index (χ1v) is 7.65. The fraction of sp³-hybridized carbons (Fsp3) is 0.100. The second kappa shape index (κ2) is 7.00. The number of halogens is 1. The van der Waals surface area contributed by atoms with Gasteiger partial charge in [0.25, 0.3) is 0 Å². The quantitative estimate of drug-likeness (QED) is 0.669. The van der Waals surface area contributed by atoms with Crippen LogP contribution in [0.3, 0.4) is 0 Å². The molecular formula is C20H12FN3O2. The summed E-state index contributed by atoms with van der Waals surface area (Å²) in [5.74, 6) is -1.84. The van der Waals surface area contributed by atoms with Crippen molar-refractivity contribution < 1.29 is 13.9 Å². The number of methoxy groups -OCH3 is 1. The molecule has 0 aliphatic carbocycles. The third-order valence-corrected chi connectivity index (χ3v) is 3.92. The monoisotopic (exact) mass is 345 g/mol. The SMILES string of the molecule is COc1cc(-c2cccc(F)c2)nc2cc(C(=O)C(C#N)C#N)ccc12. The molecule has 126 valence electrons. The average molecular weight is 345 g/mol. The smallest absolute Gasteiger partial charge is 0.195 e. The molecule has 0 saturated carbocycles. The summed E-state index contributed by atoms with van der Waals surface area (Å²) in [6, 6.07) is 15.7. The Bertz CT molecular complexity index is 1080. The normalized spacial score (nSPS) is 10.3. The minimum Gasteiger partial charge on any atom is -0.496 e. The van der Waals surface area contributed by atoms with Gasteiger partial charge in [-0.3, -0.25) is 4.79 Å². The van der Waals surface area contributed by atoms with E-state index in [-0.39, 0.29) is 5.56 Å². The van der Waals surface area contributed by atoms with E-state index in [0.29, 0.717) is 27.9 Å². The van der Waals surface area contributed by atoms with E-state index in [9.17, 15) is 9.18 Å². The van der Waals surface area contributed by atoms with Crippen molar-refractivity contribution in [1.29, 1.82) is 10.5 Å². The van der Waals surface area contributed by atoms with Crippen molar-refractivity contribution in [2.24, 2.45) is 5.92 Å². The number of fused-ring (bicyclic) bond motifs is 1. The Hall–Kier alpha value is -3.77. The number of rotatable bonds is 4. The molecule has 3 aromatic rings. The number of ketones is 1. The molecule has 1 heterocycles. The molecule has 0 aliphatic heterocycles. The molecule has 5 nitrogen and oxygen atoms in total. The third-order valence-electron chi connectivity index (χ3n) is 3.92. The predicted octanol–water partition coefficient (Wildman–Crippen LogP) is 3.90. The van der Waals surface area contributed by atoms with E-state index in [1.54, 1.807) is 36.4 Å². The van der Waals surface area contributed by atoms with Gasteiger partial charge < -0.3 is 4.74 Å². The van der Waals surface area contributed by atoms with Crippen LogP contribution in [0.4, 0.5) is 4.39 Å². The number of nitriles is 2. The maximum atomic E-state index is 13.5. The molecule has 0 N–H and O–H groups in total. The molecule has 3 rings (SSSR count). The van der Waals surface area contributed by atoms with Crippen LogP contribution in [0, 0.1) is 34.4 Å². The van der Waals surface area contributed by atoms with Crippen LogP contribution in [0.25, 0.3) is 22.2 Å². The van der Waals surface area contributed by atoms with Crippen molar-refractivity contribution in [3.05, 3.63) is 59.9 Å². The van der Waals surface area contributed by atoms with Gasteiger partial charge in [0.1, 0.15) is 11.6 Å². The fourth-order valence-corrected chi connectivity index (χ4v) is 2.63. The summed E-state index contributed by atoms with van der Waals surface area (Å²) in [4.78, 5) is 16.7. The number of carbonyl (C=O) groups excluding carboxylic acids is 1. The Labute approximate surface area is 148 Å². The van der Waals surface area contributed by atoms with E-state index in [2.05, 4.69) is 4.98 Å². The van der Waals surface area contributed by atoms with Gasteiger partial charge in [-0.15, -0.1) is 0 Å². The molecule has 0 atom stereocenters. The molecule has 6 heteroatoms. The summed E-state index contributed by atoms with van der Waals surface area (Å²) in [6.07, 6.45) is 0. The van der Waals surface area contributed by atoms with Crippen LogP contribution >= 0.6 is 0 Å². The predicted molar refractivity (Wildman–Crippen MR) is 92.7 cm³/mol. The van der Waals surface area contributed by atoms with Gasteiger partial charge in [-0.05, 0) is 24.3 Å². The Balaban J connectivity index is 2.18. The van der Waals surface area contributed by atoms with Crippen molar-refractivity contribution in [2.75, 3.05) is 7.11 Å². The van der Waals surface area contributed by atoms with E-state index in [4.69, 9.17) is 15.3 Å². The highest BCUT2D eigenvalue weighted by Gasteiger charge is 2.20. The largest absolute Gasteiger partial charge is 0.496 e. The topological polar surface area (TPSA) is 86.8 Å². The number of pyridine rings is 1. The summed E-state index contributed by atoms with van der Waals surface area (Å²) in [5, 5.41) is 18.5. The van der Waals surface area contributed by atoms with Crippen molar-refractivity contribution >= 4 is 16.7 Å². The number of carbonyl (C=O) groups is 1. The highest BCUT2D eigenvalue weighted by molar-refractivity contribution is 6.04. The van der Waals surface area contributed by atoms with Crippen LogP contribution in [0.5, 0.6) is 5.75 Å². The maximum Gasteiger partial charge on any atom is 0.195 e. The van der Waals surface area contributed by atoms with E-state index < -0.39 is 17.5 Å². The standard InChI is InChI=1S/C20H12FN3O2/c1-26-19-9-17(12-3-2-4-15(21)7-12)24-18-8-13(5-6-16(18)19)20(25)14(10-22)11-23/h2-9,14H,1H3. The van der Waals surface area contributed by atoms with Gasteiger partial charge in [-0.25, -0.2) is 9.37 Å². The van der Waals surface area contributed by atoms with E-state index in [1.807, 2.05) is 0 Å². The number of benzene rings is 2. The summed E-state index contributed by atoms with van der Waals surface area (Å²) in [6.45, 7) is 0. The second-order valence-corrected chi connectivity index (χ2v) is 5.51. The van der Waals surface area contributed by atoms with Crippen LogP contribution in [0.2, 0.25) is 0 Å². The summed E-state index contributed by atoms with van der Waals surface area (Å²) >= 11 is 0. The number of nitrogens with zero attached hydrogens (tertiary/aromatic N) is 3. The summed E-state index contributed by atoms with van der Waals surface area (Å²) in [5.41, 5.74) is 1.70. The first-order chi connectivity index (χ1) is 12.6. The zero-order valence-corrected chi connectivity index (χ0v) is 13.7. The van der Waals surface area contributed by atoms with Gasteiger partial charge in [0, 0.05) is 22.6 Å². The molecule has 0 radical (unpaired) electrons. The molecule has 1 aromatic heterocycles. The Morgan fingerprint density at radius 3 is 2.58 bits per heavy atom. The van der Waals surface area contributed by atoms with Gasteiger partial charge in [0.2, 0.25) is 0 Å². The van der Waals surface area contributed by atoms with Gasteiger partial charge in [-0.1, -0.05) is 18.2 Å². The second-order valence-electron chi connectivity index (χ2n) is 5.51. The number of hydrogen-bond donors (Lipinski definition) is 0. The average Bonchev–Trinajstić information content (AvgIpc) is 2.67. The Morgan fingerprint density at radius 1 is 1.15 bits per heavy atom. The lowest BCUT2D eigenvalue weighted by molar-refractivity contribution is 0.0971. The molecular weight excluding hydrogens is 333 g/mol. The van der Waals surface area contributed by atoms with E-state index in [0.717, 1.165) is 0 Å². The van der Waals surface area contributed by atoms with Crippen LogP contribution in [0.1, 0.15) is 10.4 Å². The lowest BCUT2D eigenvalue weighted by atomic mass is 9.98. The first kappa shape index (κ1) is 17.1. The van der Waals surface area contributed by atoms with Crippen LogP contribution < -0.4 is 4.74 Å². The molecule has 0 unspecified atom stereocenters. The minimum atomic E-state index is -1.37. The minimum absolute atomic E-state index is 0.205. The van der Waals surface area contributed by atoms with Crippen molar-refractivity contribution in [2.45, 2.75) is 0 Å². The third kappa shape index (κ3) is 3.09. The Morgan fingerprint density at radius 2 is 1.92 bits per heavy atom. The lowest BCUT2D eigenvalue weighted by Gasteiger charge is -2.10. The molecule has 2 aromatic carbocycles. The van der Waals surface area contributed by atoms with Gasteiger partial charge >= 0.3 is 0 Å². The molecule has 0 fully saturated rings. The number of ether oxygens (including phenoxy) is 1. The summed E-state index contributed by atoms with van der Waals surface area (Å²) in [7, 11) is 1.50. The highest BCUT2D eigenvalue weighted by Crippen LogP contribution is 2.31. The van der Waals surface area contributed by atoms with Gasteiger partial charge in [-0.2, -0.15) is 10.5 Å². The highest BCUT2D eigenvalue weighted by atomic mass is 19.1. The molecule has 26 heavy (non-hydrogen) atoms. The van der Waals surface area contributed by atoms with Crippen LogP contribution in [-0.2, 0) is 0 Å². The number of Topliss-reactive ketones (excluding diaryl/α,β-unsaturated/α-hetero) is 1. The van der Waals surface area contributed by atoms with Gasteiger partial charge in [0.15, 0.2) is 11.7 Å². The molecule has 0 spiro atoms. The first-order valence-electron chi connectivity index (χ1n) is 7.65. The van der Waals surface area contributed by atoms with E-state index >= 15 is 0 Å². The van der Waals surface area contributed by atoms with Crippen molar-refractivity contribution in [1.82, 2.24) is 4.98 Å².